The van der Waals surface area contributed by atoms with Gasteiger partial charge in [-0.25, -0.2) is 0 Å². The van der Waals surface area contributed by atoms with Crippen molar-refractivity contribution in [1.29, 1.82) is 0 Å². The lowest BCUT2D eigenvalue weighted by atomic mass is 10.0. The minimum Gasteiger partial charge on any atom is -0.493 e. The number of hydrogen-bond donors (Lipinski definition) is 1. The van der Waals surface area contributed by atoms with Gasteiger partial charge in [-0.15, -0.1) is 0 Å². The molecule has 1 N–H and O–H groups in total. The van der Waals surface area contributed by atoms with E-state index in [0.717, 1.165) is 30.8 Å². The third-order valence-corrected chi connectivity index (χ3v) is 6.62. The van der Waals surface area contributed by atoms with Crippen LogP contribution in [0.15, 0.2) is 59.5 Å². The Morgan fingerprint density at radius 2 is 1.86 bits per heavy atom. The van der Waals surface area contributed by atoms with Crippen LogP contribution in [0.1, 0.15) is 34.1 Å². The van der Waals surface area contributed by atoms with Gasteiger partial charge in [-0.1, -0.05) is 30.3 Å². The fourth-order valence-electron chi connectivity index (χ4n) is 4.89. The first-order valence-corrected chi connectivity index (χ1v) is 12.0. The highest BCUT2D eigenvalue weighted by molar-refractivity contribution is 6.08. The van der Waals surface area contributed by atoms with Gasteiger partial charge in [-0.3, -0.25) is 14.5 Å². The predicted octanol–water partition coefficient (Wildman–Crippen LogP) is 3.34. The van der Waals surface area contributed by atoms with Gasteiger partial charge < -0.3 is 19.4 Å². The van der Waals surface area contributed by atoms with E-state index in [0.29, 0.717) is 41.5 Å². The number of fused-ring (bicyclic) bond motifs is 2. The SMILES string of the molecule is CCn1c2c(c(=O)n3ncc(C(=O)Nc4ccc(OC)c(OC)c4)c13)CN(Cc1ccccc1)CC2. The van der Waals surface area contributed by atoms with E-state index in [1.54, 1.807) is 32.4 Å². The Bertz CT molecular complexity index is 1480. The molecule has 0 bridgehead atoms. The first-order chi connectivity index (χ1) is 17.5. The number of nitrogens with one attached hydrogen (secondary N) is 1. The number of anilines is 1. The lowest BCUT2D eigenvalue weighted by Gasteiger charge is -2.30. The Balaban J connectivity index is 1.48. The van der Waals surface area contributed by atoms with Crippen LogP contribution in [0.3, 0.4) is 0 Å². The van der Waals surface area contributed by atoms with Crippen LogP contribution in [-0.2, 0) is 26.1 Å². The number of nitrogens with zero attached hydrogens (tertiary/aromatic N) is 4. The van der Waals surface area contributed by atoms with E-state index < -0.39 is 0 Å². The molecule has 2 aromatic heterocycles. The molecule has 0 fully saturated rings. The number of carbonyl (C=O) groups excluding carboxylic acids is 1. The molecule has 0 radical (unpaired) electrons. The van der Waals surface area contributed by atoms with Crippen molar-refractivity contribution in [2.24, 2.45) is 0 Å². The first-order valence-electron chi connectivity index (χ1n) is 12.0. The van der Waals surface area contributed by atoms with Crippen LogP contribution in [0.5, 0.6) is 11.5 Å². The summed E-state index contributed by atoms with van der Waals surface area (Å²) in [5, 5.41) is 7.22. The molecular formula is C27H29N5O4. The Labute approximate surface area is 208 Å². The van der Waals surface area contributed by atoms with E-state index in [4.69, 9.17) is 9.47 Å². The van der Waals surface area contributed by atoms with Crippen LogP contribution in [-0.4, -0.2) is 45.8 Å². The van der Waals surface area contributed by atoms with Gasteiger partial charge in [0.2, 0.25) is 0 Å². The molecular weight excluding hydrogens is 458 g/mol. The lowest BCUT2D eigenvalue weighted by Crippen LogP contribution is -2.38. The van der Waals surface area contributed by atoms with Gasteiger partial charge in [0.05, 0.1) is 26.0 Å². The van der Waals surface area contributed by atoms with Crippen molar-refractivity contribution in [1.82, 2.24) is 19.1 Å². The number of aryl methyl sites for hydroxylation is 1. The number of aromatic nitrogens is 3. The summed E-state index contributed by atoms with van der Waals surface area (Å²) in [5.74, 6) is 0.731. The number of hydrogen-bond acceptors (Lipinski definition) is 6. The van der Waals surface area contributed by atoms with E-state index >= 15 is 0 Å². The van der Waals surface area contributed by atoms with E-state index in [9.17, 15) is 9.59 Å². The second-order valence-corrected chi connectivity index (χ2v) is 8.74. The second-order valence-electron chi connectivity index (χ2n) is 8.74. The first kappa shape index (κ1) is 23.6. The molecule has 1 amide bonds. The lowest BCUT2D eigenvalue weighted by molar-refractivity contribution is 0.102. The van der Waals surface area contributed by atoms with E-state index in [1.165, 1.54) is 16.3 Å². The van der Waals surface area contributed by atoms with Gasteiger partial charge >= 0.3 is 0 Å². The average Bonchev–Trinajstić information content (AvgIpc) is 3.35. The normalized spacial score (nSPS) is 13.4. The van der Waals surface area contributed by atoms with Crippen LogP contribution >= 0.6 is 0 Å². The highest BCUT2D eigenvalue weighted by Crippen LogP contribution is 2.30. The molecule has 0 spiro atoms. The zero-order valence-corrected chi connectivity index (χ0v) is 20.7. The summed E-state index contributed by atoms with van der Waals surface area (Å²) >= 11 is 0. The molecule has 9 heteroatoms. The maximum Gasteiger partial charge on any atom is 0.279 e. The fraction of sp³-hybridized carbons (Fsp3) is 0.296. The van der Waals surface area contributed by atoms with Gasteiger partial charge in [0.15, 0.2) is 17.1 Å². The third kappa shape index (κ3) is 4.22. The summed E-state index contributed by atoms with van der Waals surface area (Å²) in [6.45, 7) is 4.80. The Morgan fingerprint density at radius 1 is 1.08 bits per heavy atom. The molecule has 1 aliphatic rings. The molecule has 0 saturated carbocycles. The van der Waals surface area contributed by atoms with Crippen molar-refractivity contribution in [3.63, 3.8) is 0 Å². The van der Waals surface area contributed by atoms with E-state index in [1.807, 2.05) is 29.7 Å². The molecule has 0 atom stereocenters. The van der Waals surface area contributed by atoms with Crippen molar-refractivity contribution >= 4 is 17.2 Å². The molecule has 1 aliphatic heterocycles. The van der Waals surface area contributed by atoms with Crippen LogP contribution in [0, 0.1) is 0 Å². The van der Waals surface area contributed by atoms with E-state index in [2.05, 4.69) is 27.4 Å². The maximum atomic E-state index is 13.5. The number of carbonyl (C=O) groups is 1. The summed E-state index contributed by atoms with van der Waals surface area (Å²) < 4.78 is 14.0. The Kier molecular flexibility index (Phi) is 6.47. The smallest absolute Gasteiger partial charge is 0.279 e. The molecule has 5 rings (SSSR count). The van der Waals surface area contributed by atoms with Crippen LogP contribution in [0.25, 0.3) is 5.65 Å². The number of amides is 1. The van der Waals surface area contributed by atoms with Crippen molar-refractivity contribution in [3.8, 4) is 11.5 Å². The number of methoxy groups -OCH3 is 2. The molecule has 0 saturated heterocycles. The van der Waals surface area contributed by atoms with Gasteiger partial charge in [0, 0.05) is 50.0 Å². The monoisotopic (exact) mass is 487 g/mol. The molecule has 9 nitrogen and oxygen atoms in total. The molecule has 36 heavy (non-hydrogen) atoms. The average molecular weight is 488 g/mol. The number of rotatable bonds is 7. The topological polar surface area (TPSA) is 90.1 Å². The molecule has 186 valence electrons. The highest BCUT2D eigenvalue weighted by atomic mass is 16.5. The summed E-state index contributed by atoms with van der Waals surface area (Å²) in [5.41, 5.74) is 4.16. The van der Waals surface area contributed by atoms with Gasteiger partial charge in [-0.2, -0.15) is 9.61 Å². The molecule has 4 aromatic rings. The van der Waals surface area contributed by atoms with Gasteiger partial charge in [0.25, 0.3) is 11.5 Å². The van der Waals surface area contributed by atoms with Crippen LogP contribution in [0.4, 0.5) is 5.69 Å². The number of ether oxygens (including phenoxy) is 2. The predicted molar refractivity (Wildman–Crippen MR) is 137 cm³/mol. The Morgan fingerprint density at radius 3 is 2.58 bits per heavy atom. The quantitative estimate of drug-likeness (QED) is 0.430. The fourth-order valence-corrected chi connectivity index (χ4v) is 4.89. The molecule has 0 aliphatic carbocycles. The standard InChI is InChI=1S/C27H29N5O4/c1-4-31-22-12-13-30(16-18-8-6-5-7-9-18)17-21(22)27(34)32-26(31)20(15-28-32)25(33)29-19-10-11-23(35-2)24(14-19)36-3/h5-11,14-15H,4,12-13,16-17H2,1-3H3,(H,29,33). The second kappa shape index (κ2) is 9.87. The highest BCUT2D eigenvalue weighted by Gasteiger charge is 2.27. The third-order valence-electron chi connectivity index (χ3n) is 6.62. The van der Waals surface area contributed by atoms with Crippen LogP contribution < -0.4 is 20.3 Å². The van der Waals surface area contributed by atoms with Crippen molar-refractivity contribution < 1.29 is 14.3 Å². The van der Waals surface area contributed by atoms with Crippen molar-refractivity contribution in [2.75, 3.05) is 26.1 Å². The molecule has 0 unspecified atom stereocenters. The van der Waals surface area contributed by atoms with Crippen molar-refractivity contribution in [3.05, 3.63) is 87.5 Å². The summed E-state index contributed by atoms with van der Waals surface area (Å²) in [6, 6.07) is 15.4. The van der Waals surface area contributed by atoms with Gasteiger partial charge in [0.1, 0.15) is 5.56 Å². The zero-order chi connectivity index (χ0) is 25.2. The summed E-state index contributed by atoms with van der Waals surface area (Å²) in [7, 11) is 3.10. The van der Waals surface area contributed by atoms with Gasteiger partial charge in [-0.05, 0) is 24.6 Å². The minimum atomic E-state index is -0.347. The largest absolute Gasteiger partial charge is 0.493 e. The number of benzene rings is 2. The summed E-state index contributed by atoms with van der Waals surface area (Å²) in [4.78, 5) is 29.0. The van der Waals surface area contributed by atoms with Crippen molar-refractivity contribution in [2.45, 2.75) is 33.0 Å². The Hall–Kier alpha value is -4.11. The summed E-state index contributed by atoms with van der Waals surface area (Å²) in [6.07, 6.45) is 2.19. The van der Waals surface area contributed by atoms with E-state index in [-0.39, 0.29) is 11.5 Å². The zero-order valence-electron chi connectivity index (χ0n) is 20.7. The molecule has 3 heterocycles. The minimum absolute atomic E-state index is 0.173. The molecule has 2 aromatic carbocycles. The van der Waals surface area contributed by atoms with Crippen LogP contribution in [0.2, 0.25) is 0 Å². The maximum absolute atomic E-state index is 13.5.